The predicted octanol–water partition coefficient (Wildman–Crippen LogP) is 5.22. The third-order valence-electron chi connectivity index (χ3n) is 6.36. The lowest BCUT2D eigenvalue weighted by Gasteiger charge is -2.27. The summed E-state index contributed by atoms with van der Waals surface area (Å²) < 4.78 is 44.9. The summed E-state index contributed by atoms with van der Waals surface area (Å²) in [6, 6.07) is 16.4. The van der Waals surface area contributed by atoms with Crippen molar-refractivity contribution in [2.75, 3.05) is 32.2 Å². The molecular formula is C29H36N2O6S. The number of hydrogen-bond acceptors (Lipinski definition) is 6. The fraction of sp³-hybridized carbons (Fsp3) is 0.345. The Morgan fingerprint density at radius 2 is 1.53 bits per heavy atom. The first-order valence-corrected chi connectivity index (χ1v) is 13.7. The normalized spacial score (nSPS) is 12.1. The van der Waals surface area contributed by atoms with Crippen LogP contribution in [0.15, 0.2) is 65.6 Å². The Morgan fingerprint density at radius 3 is 2.11 bits per heavy atom. The summed E-state index contributed by atoms with van der Waals surface area (Å²) in [5, 5.41) is 2.97. The Kier molecular flexibility index (Phi) is 9.27. The molecule has 0 saturated heterocycles. The van der Waals surface area contributed by atoms with Crippen LogP contribution in [0.4, 0.5) is 5.69 Å². The maximum absolute atomic E-state index is 13.8. The van der Waals surface area contributed by atoms with Crippen molar-refractivity contribution in [2.45, 2.75) is 44.6 Å². The van der Waals surface area contributed by atoms with E-state index in [4.69, 9.17) is 14.2 Å². The summed E-state index contributed by atoms with van der Waals surface area (Å²) in [5.41, 5.74) is 3.12. The van der Waals surface area contributed by atoms with E-state index in [-0.39, 0.29) is 22.5 Å². The van der Waals surface area contributed by atoms with Crippen molar-refractivity contribution in [3.63, 3.8) is 0 Å². The molecule has 3 rings (SSSR count). The Morgan fingerprint density at radius 1 is 0.868 bits per heavy atom. The van der Waals surface area contributed by atoms with Gasteiger partial charge >= 0.3 is 0 Å². The Balaban J connectivity index is 1.99. The van der Waals surface area contributed by atoms with Gasteiger partial charge in [-0.2, -0.15) is 0 Å². The van der Waals surface area contributed by atoms with Gasteiger partial charge in [0.05, 0.1) is 38.0 Å². The van der Waals surface area contributed by atoms with Crippen molar-refractivity contribution >= 4 is 21.6 Å². The number of anilines is 1. The summed E-state index contributed by atoms with van der Waals surface area (Å²) in [4.78, 5) is 13.4. The molecule has 1 amide bonds. The average Bonchev–Trinajstić information content (AvgIpc) is 2.91. The number of carbonyl (C=O) groups excluding carboxylic acids is 1. The maximum Gasteiger partial charge on any atom is 0.264 e. The summed E-state index contributed by atoms with van der Waals surface area (Å²) >= 11 is 0. The van der Waals surface area contributed by atoms with E-state index in [0.29, 0.717) is 11.5 Å². The molecule has 0 aliphatic rings. The van der Waals surface area contributed by atoms with Gasteiger partial charge in [-0.1, -0.05) is 32.0 Å². The van der Waals surface area contributed by atoms with Crippen LogP contribution in [0.5, 0.6) is 17.2 Å². The Bertz CT molecular complexity index is 1370. The van der Waals surface area contributed by atoms with Crippen LogP contribution < -0.4 is 23.8 Å². The van der Waals surface area contributed by atoms with Crippen LogP contribution in [0.2, 0.25) is 0 Å². The minimum atomic E-state index is -4.12. The molecule has 0 radical (unpaired) electrons. The molecule has 3 aromatic rings. The quantitative estimate of drug-likeness (QED) is 0.359. The van der Waals surface area contributed by atoms with Crippen molar-refractivity contribution in [1.82, 2.24) is 5.32 Å². The molecule has 0 aliphatic carbocycles. The number of aryl methyl sites for hydroxylation is 1. The lowest BCUT2D eigenvalue weighted by Crippen LogP contribution is -2.41. The zero-order valence-electron chi connectivity index (χ0n) is 22.9. The number of hydrogen-bond donors (Lipinski definition) is 1. The van der Waals surface area contributed by atoms with Gasteiger partial charge in [0.15, 0.2) is 0 Å². The molecule has 1 atom stereocenters. The molecule has 0 saturated carbocycles. The molecule has 9 heteroatoms. The molecule has 0 aliphatic heterocycles. The molecule has 0 unspecified atom stereocenters. The van der Waals surface area contributed by atoms with Gasteiger partial charge in [-0.15, -0.1) is 0 Å². The first-order chi connectivity index (χ1) is 18.0. The van der Waals surface area contributed by atoms with Gasteiger partial charge in [0, 0.05) is 6.07 Å². The van der Waals surface area contributed by atoms with E-state index in [1.54, 1.807) is 43.5 Å². The molecule has 0 fully saturated rings. The number of nitrogens with one attached hydrogen (secondary N) is 1. The van der Waals surface area contributed by atoms with Crippen LogP contribution in [0.1, 0.15) is 49.4 Å². The topological polar surface area (TPSA) is 94.2 Å². The van der Waals surface area contributed by atoms with E-state index in [1.165, 1.54) is 26.4 Å². The van der Waals surface area contributed by atoms with Crippen LogP contribution in [-0.4, -0.2) is 42.2 Å². The van der Waals surface area contributed by atoms with E-state index in [9.17, 15) is 13.2 Å². The fourth-order valence-electron chi connectivity index (χ4n) is 4.32. The second-order valence-corrected chi connectivity index (χ2v) is 11.1. The molecule has 3 aromatic carbocycles. The van der Waals surface area contributed by atoms with Crippen LogP contribution >= 0.6 is 0 Å². The van der Waals surface area contributed by atoms with Crippen LogP contribution in [0, 0.1) is 6.92 Å². The van der Waals surface area contributed by atoms with Crippen molar-refractivity contribution in [2.24, 2.45) is 0 Å². The third kappa shape index (κ3) is 6.22. The molecule has 0 heterocycles. The van der Waals surface area contributed by atoms with E-state index < -0.39 is 22.5 Å². The lowest BCUT2D eigenvalue weighted by molar-refractivity contribution is -0.120. The number of ether oxygens (including phenoxy) is 3. The molecule has 0 bridgehead atoms. The van der Waals surface area contributed by atoms with Crippen molar-refractivity contribution in [3.8, 4) is 17.2 Å². The highest BCUT2D eigenvalue weighted by molar-refractivity contribution is 7.92. The molecule has 0 aromatic heterocycles. The van der Waals surface area contributed by atoms with E-state index in [2.05, 4.69) is 19.2 Å². The minimum absolute atomic E-state index is 0.0540. The SMILES string of the molecule is COc1ccc(OC)c(N(CC(=O)N[C@@H](C)c2cc(C(C)C)c(OC)cc2C)S(=O)(=O)c2ccccc2)c1. The zero-order valence-corrected chi connectivity index (χ0v) is 23.8. The van der Waals surface area contributed by atoms with Gasteiger partial charge in [0.1, 0.15) is 23.8 Å². The highest BCUT2D eigenvalue weighted by atomic mass is 32.2. The van der Waals surface area contributed by atoms with Gasteiger partial charge < -0.3 is 19.5 Å². The summed E-state index contributed by atoms with van der Waals surface area (Å²) in [6.07, 6.45) is 0. The largest absolute Gasteiger partial charge is 0.497 e. The summed E-state index contributed by atoms with van der Waals surface area (Å²) in [7, 11) is 0.446. The maximum atomic E-state index is 13.8. The molecule has 1 N–H and O–H groups in total. The van der Waals surface area contributed by atoms with E-state index in [1.807, 2.05) is 26.0 Å². The Hall–Kier alpha value is -3.72. The number of sulfonamides is 1. The number of rotatable bonds is 11. The van der Waals surface area contributed by atoms with Gasteiger partial charge in [-0.3, -0.25) is 9.10 Å². The highest BCUT2D eigenvalue weighted by Crippen LogP contribution is 2.36. The van der Waals surface area contributed by atoms with E-state index in [0.717, 1.165) is 26.7 Å². The van der Waals surface area contributed by atoms with Crippen LogP contribution in [0.3, 0.4) is 0 Å². The molecular weight excluding hydrogens is 504 g/mol. The lowest BCUT2D eigenvalue weighted by atomic mass is 9.93. The predicted molar refractivity (Wildman–Crippen MR) is 149 cm³/mol. The van der Waals surface area contributed by atoms with Crippen molar-refractivity contribution in [3.05, 3.63) is 77.4 Å². The van der Waals surface area contributed by atoms with Crippen LogP contribution in [0.25, 0.3) is 0 Å². The summed E-state index contributed by atoms with van der Waals surface area (Å²) in [5.74, 6) is 1.27. The molecule has 204 valence electrons. The van der Waals surface area contributed by atoms with Gasteiger partial charge in [-0.05, 0) is 72.9 Å². The number of benzene rings is 3. The zero-order chi connectivity index (χ0) is 28.0. The number of amides is 1. The Labute approximate surface area is 225 Å². The number of nitrogens with zero attached hydrogens (tertiary/aromatic N) is 1. The molecule has 8 nitrogen and oxygen atoms in total. The van der Waals surface area contributed by atoms with Gasteiger partial charge in [0.25, 0.3) is 10.0 Å². The summed E-state index contributed by atoms with van der Waals surface area (Å²) in [6.45, 7) is 7.52. The molecule has 38 heavy (non-hydrogen) atoms. The minimum Gasteiger partial charge on any atom is -0.497 e. The average molecular weight is 541 g/mol. The second kappa shape index (κ2) is 12.2. The number of carbonyl (C=O) groups is 1. The standard InChI is InChI=1S/C29H36N2O6S/c1-19(2)24-17-25(20(3)15-28(24)37-7)21(4)30-29(32)18-31(38(33,34)23-11-9-8-10-12-23)26-16-22(35-5)13-14-27(26)36-6/h8-17,19,21H,18H2,1-7H3,(H,30,32)/t21-/m0/s1. The second-order valence-electron chi connectivity index (χ2n) is 9.26. The number of methoxy groups -OCH3 is 3. The van der Waals surface area contributed by atoms with Crippen molar-refractivity contribution in [1.29, 1.82) is 0 Å². The third-order valence-corrected chi connectivity index (χ3v) is 8.13. The smallest absolute Gasteiger partial charge is 0.264 e. The van der Waals surface area contributed by atoms with Crippen LogP contribution in [-0.2, 0) is 14.8 Å². The van der Waals surface area contributed by atoms with E-state index >= 15 is 0 Å². The molecule has 0 spiro atoms. The highest BCUT2D eigenvalue weighted by Gasteiger charge is 2.30. The first-order valence-electron chi connectivity index (χ1n) is 12.3. The van der Waals surface area contributed by atoms with Gasteiger partial charge in [-0.25, -0.2) is 8.42 Å². The van der Waals surface area contributed by atoms with Crippen molar-refractivity contribution < 1.29 is 27.4 Å². The fourth-order valence-corrected chi connectivity index (χ4v) is 5.76. The first kappa shape index (κ1) is 28.8. The monoisotopic (exact) mass is 540 g/mol. The van der Waals surface area contributed by atoms with Gasteiger partial charge in [0.2, 0.25) is 5.91 Å².